The monoisotopic (exact) mass is 203 g/mol. The van der Waals surface area contributed by atoms with Gasteiger partial charge in [-0.3, -0.25) is 0 Å². The molecule has 11 heavy (non-hydrogen) atoms. The van der Waals surface area contributed by atoms with Gasteiger partial charge in [-0.05, 0) is 4.62 Å². The molecule has 64 valence electrons. The standard InChI is InChI=1S/C2H6NO6P2/c3-9-11(6)8-2-1-7-10(4)5/h1-3H2/q+1/p+1. The average molecular weight is 203 g/mol. The van der Waals surface area contributed by atoms with Crippen molar-refractivity contribution >= 4 is 16.5 Å². The Morgan fingerprint density at radius 3 is 2.27 bits per heavy atom. The molecule has 0 saturated carbocycles. The minimum atomic E-state index is -2.63. The summed E-state index contributed by atoms with van der Waals surface area (Å²) in [7, 11) is -4.97. The van der Waals surface area contributed by atoms with E-state index in [2.05, 4.69) is 19.6 Å². The summed E-state index contributed by atoms with van der Waals surface area (Å²) >= 11 is 0. The maximum atomic E-state index is 10.2. The molecule has 0 amide bonds. The Hall–Kier alpha value is -0.0000000000000000763. The molecule has 0 aliphatic carbocycles. The van der Waals surface area contributed by atoms with Gasteiger partial charge in [0.15, 0.2) is 0 Å². The Balaban J connectivity index is 3.14. The molecule has 0 heterocycles. The van der Waals surface area contributed by atoms with Crippen molar-refractivity contribution in [1.82, 2.24) is 0 Å². The Bertz CT molecular complexity index is 150. The van der Waals surface area contributed by atoms with Gasteiger partial charge in [0.1, 0.15) is 13.2 Å². The van der Waals surface area contributed by atoms with E-state index in [1.807, 2.05) is 0 Å². The molecule has 0 bridgehead atoms. The van der Waals surface area contributed by atoms with Gasteiger partial charge in [0.05, 0.1) is 0 Å². The molecule has 0 aliphatic heterocycles. The van der Waals surface area contributed by atoms with E-state index < -0.39 is 16.5 Å². The summed E-state index contributed by atoms with van der Waals surface area (Å²) < 4.78 is 32.3. The molecular weight excluding hydrogens is 196 g/mol. The normalized spacial score (nSPS) is 12.9. The van der Waals surface area contributed by atoms with Gasteiger partial charge in [0.2, 0.25) is 0 Å². The first kappa shape index (κ1) is 11.0. The molecule has 7 nitrogen and oxygen atoms in total. The predicted molar refractivity (Wildman–Crippen MR) is 34.6 cm³/mol. The molecule has 0 aromatic rings. The summed E-state index contributed by atoms with van der Waals surface area (Å²) in [5.41, 5.74) is 0. The average Bonchev–Trinajstić information content (AvgIpc) is 1.97. The number of rotatable bonds is 6. The molecule has 0 fully saturated rings. The lowest BCUT2D eigenvalue weighted by atomic mass is 10.8. The van der Waals surface area contributed by atoms with Gasteiger partial charge < -0.3 is 0 Å². The molecule has 0 aromatic heterocycles. The van der Waals surface area contributed by atoms with Crippen LogP contribution in [0.5, 0.6) is 0 Å². The van der Waals surface area contributed by atoms with Crippen LogP contribution in [0, 0.1) is 0 Å². The molecule has 0 radical (unpaired) electrons. The summed E-state index contributed by atoms with van der Waals surface area (Å²) in [4.78, 5) is 8.08. The third-order valence-corrected chi connectivity index (χ3v) is 1.54. The number of hydrogen-bond donors (Lipinski definition) is 2. The Morgan fingerprint density at radius 2 is 1.82 bits per heavy atom. The van der Waals surface area contributed by atoms with E-state index in [0.29, 0.717) is 0 Å². The fourth-order valence-corrected chi connectivity index (χ4v) is 0.773. The molecule has 0 aromatic carbocycles. The van der Waals surface area contributed by atoms with Gasteiger partial charge in [-0.1, -0.05) is 0 Å². The van der Waals surface area contributed by atoms with Crippen molar-refractivity contribution in [2.75, 3.05) is 13.2 Å². The van der Waals surface area contributed by atoms with Crippen LogP contribution in [0.15, 0.2) is 0 Å². The van der Waals surface area contributed by atoms with Crippen LogP contribution < -0.4 is 5.90 Å². The van der Waals surface area contributed by atoms with Crippen molar-refractivity contribution in [1.29, 1.82) is 0 Å². The molecule has 9 heteroatoms. The molecule has 0 saturated heterocycles. The highest BCUT2D eigenvalue weighted by Crippen LogP contribution is 2.20. The molecular formula is C2H7NO6P2+2. The lowest BCUT2D eigenvalue weighted by Crippen LogP contribution is -1.98. The second kappa shape index (κ2) is 6.69. The van der Waals surface area contributed by atoms with Crippen molar-refractivity contribution in [2.24, 2.45) is 5.90 Å². The highest BCUT2D eigenvalue weighted by atomic mass is 31.1. The fraction of sp³-hybridized carbons (Fsp3) is 1.00. The van der Waals surface area contributed by atoms with Crippen molar-refractivity contribution in [3.63, 3.8) is 0 Å². The zero-order valence-corrected chi connectivity index (χ0v) is 7.16. The lowest BCUT2D eigenvalue weighted by molar-refractivity contribution is 0.181. The van der Waals surface area contributed by atoms with Crippen LogP contribution in [-0.4, -0.2) is 18.1 Å². The van der Waals surface area contributed by atoms with Crippen LogP contribution in [0.3, 0.4) is 0 Å². The quantitative estimate of drug-likeness (QED) is 0.361. The summed E-state index contributed by atoms with van der Waals surface area (Å²) in [5, 5.41) is 0. The number of hydrogen-bond acceptors (Lipinski definition) is 6. The topological polar surface area (TPSA) is 108 Å². The molecule has 0 aliphatic rings. The van der Waals surface area contributed by atoms with E-state index in [-0.39, 0.29) is 13.2 Å². The van der Waals surface area contributed by atoms with Gasteiger partial charge >= 0.3 is 16.5 Å². The van der Waals surface area contributed by atoms with Gasteiger partial charge in [0, 0.05) is 9.13 Å². The van der Waals surface area contributed by atoms with E-state index >= 15 is 0 Å². The van der Waals surface area contributed by atoms with Crippen LogP contribution in [0.25, 0.3) is 0 Å². The Kier molecular flexibility index (Phi) is 6.69. The SMILES string of the molecule is NO[P+](=O)OCCO[P+](=O)O. The third-order valence-electron chi connectivity index (χ3n) is 0.568. The summed E-state index contributed by atoms with van der Waals surface area (Å²) in [6.45, 7) is -0.260. The predicted octanol–water partition coefficient (Wildman–Crippen LogP) is 0.217. The first-order chi connectivity index (χ1) is 5.16. The summed E-state index contributed by atoms with van der Waals surface area (Å²) in [6.07, 6.45) is 0. The van der Waals surface area contributed by atoms with E-state index in [9.17, 15) is 9.13 Å². The second-order valence-corrected chi connectivity index (χ2v) is 2.88. The highest BCUT2D eigenvalue weighted by Gasteiger charge is 2.19. The maximum absolute atomic E-state index is 10.2. The first-order valence-electron chi connectivity index (χ1n) is 2.43. The van der Waals surface area contributed by atoms with E-state index in [1.165, 1.54) is 0 Å². The van der Waals surface area contributed by atoms with Crippen LogP contribution in [0.2, 0.25) is 0 Å². The van der Waals surface area contributed by atoms with E-state index in [1.54, 1.807) is 0 Å². The molecule has 0 spiro atoms. The van der Waals surface area contributed by atoms with Gasteiger partial charge in [0.25, 0.3) is 0 Å². The van der Waals surface area contributed by atoms with Crippen molar-refractivity contribution in [2.45, 2.75) is 0 Å². The number of nitrogens with two attached hydrogens (primary N) is 1. The second-order valence-electron chi connectivity index (χ2n) is 1.23. The van der Waals surface area contributed by atoms with Gasteiger partial charge in [-0.15, -0.1) is 13.9 Å². The maximum Gasteiger partial charge on any atom is 0.716 e. The summed E-state index contributed by atoms with van der Waals surface area (Å²) in [6, 6.07) is 0. The van der Waals surface area contributed by atoms with E-state index in [4.69, 9.17) is 4.89 Å². The fourth-order valence-electron chi connectivity index (χ4n) is 0.258. The van der Waals surface area contributed by atoms with Gasteiger partial charge in [-0.2, -0.15) is 5.90 Å². The van der Waals surface area contributed by atoms with Crippen molar-refractivity contribution < 1.29 is 27.7 Å². The third kappa shape index (κ3) is 7.90. The largest absolute Gasteiger partial charge is 0.716 e. The van der Waals surface area contributed by atoms with E-state index in [0.717, 1.165) is 0 Å². The first-order valence-corrected chi connectivity index (χ1v) is 4.65. The molecule has 0 rings (SSSR count). The van der Waals surface area contributed by atoms with Crippen LogP contribution in [-0.2, 0) is 22.8 Å². The zero-order chi connectivity index (χ0) is 8.69. The smallest absolute Gasteiger partial charge is 0.162 e. The van der Waals surface area contributed by atoms with Gasteiger partial charge in [-0.25, -0.2) is 0 Å². The molecule has 2 atom stereocenters. The van der Waals surface area contributed by atoms with Crippen LogP contribution >= 0.6 is 16.5 Å². The molecule has 2 unspecified atom stereocenters. The minimum Gasteiger partial charge on any atom is -0.162 e. The zero-order valence-electron chi connectivity index (χ0n) is 5.37. The highest BCUT2D eigenvalue weighted by molar-refractivity contribution is 7.33. The van der Waals surface area contributed by atoms with Crippen molar-refractivity contribution in [3.05, 3.63) is 0 Å². The van der Waals surface area contributed by atoms with Crippen molar-refractivity contribution in [3.8, 4) is 0 Å². The van der Waals surface area contributed by atoms with Crippen LogP contribution in [0.4, 0.5) is 0 Å². The lowest BCUT2D eigenvalue weighted by Gasteiger charge is -1.82. The summed E-state index contributed by atoms with van der Waals surface area (Å²) in [5.74, 6) is 4.46. The Morgan fingerprint density at radius 1 is 1.27 bits per heavy atom. The molecule has 3 N–H and O–H groups in total. The minimum absolute atomic E-state index is 0.117. The Labute approximate surface area is 64.3 Å². The van der Waals surface area contributed by atoms with Crippen LogP contribution in [0.1, 0.15) is 0 Å².